The second-order valence-electron chi connectivity index (χ2n) is 7.10. The number of ether oxygens (including phenoxy) is 2. The van der Waals surface area contributed by atoms with Crippen molar-refractivity contribution in [2.45, 2.75) is 13.1 Å². The van der Waals surface area contributed by atoms with Gasteiger partial charge in [0.05, 0.1) is 14.2 Å². The Labute approximate surface area is 182 Å². The molecule has 0 bridgehead atoms. The Bertz CT molecular complexity index is 1030. The smallest absolute Gasteiger partial charge is 0.341 e. The number of amides is 2. The van der Waals surface area contributed by atoms with Crippen molar-refractivity contribution >= 4 is 12.0 Å². The first kappa shape index (κ1) is 21.9. The lowest BCUT2D eigenvalue weighted by Crippen LogP contribution is -2.36. The molecular formula is C25H26N2O4. The molecule has 0 aliphatic carbocycles. The number of methoxy groups -OCH3 is 2. The minimum absolute atomic E-state index is 0.206. The molecule has 2 amide bonds. The Balaban J connectivity index is 1.58. The predicted octanol–water partition coefficient (Wildman–Crippen LogP) is 4.49. The van der Waals surface area contributed by atoms with Crippen LogP contribution in [-0.4, -0.2) is 38.2 Å². The van der Waals surface area contributed by atoms with E-state index in [9.17, 15) is 9.59 Å². The van der Waals surface area contributed by atoms with Gasteiger partial charge in [0.2, 0.25) is 0 Å². The van der Waals surface area contributed by atoms with Gasteiger partial charge in [-0.15, -0.1) is 0 Å². The molecule has 0 saturated heterocycles. The highest BCUT2D eigenvalue weighted by atomic mass is 16.5. The minimum Gasteiger partial charge on any atom is -0.496 e. The van der Waals surface area contributed by atoms with Gasteiger partial charge in [0.1, 0.15) is 11.3 Å². The summed E-state index contributed by atoms with van der Waals surface area (Å²) in [6.45, 7) is 0.765. The Morgan fingerprint density at radius 3 is 2.16 bits per heavy atom. The summed E-state index contributed by atoms with van der Waals surface area (Å²) in [6.07, 6.45) is 0. The van der Waals surface area contributed by atoms with Gasteiger partial charge in [0.15, 0.2) is 0 Å². The summed E-state index contributed by atoms with van der Waals surface area (Å²) in [5.74, 6) is -0.0564. The van der Waals surface area contributed by atoms with Gasteiger partial charge in [-0.05, 0) is 34.4 Å². The van der Waals surface area contributed by atoms with Crippen molar-refractivity contribution < 1.29 is 19.1 Å². The van der Waals surface area contributed by atoms with Crippen molar-refractivity contribution in [1.29, 1.82) is 0 Å². The van der Waals surface area contributed by atoms with Gasteiger partial charge < -0.3 is 19.7 Å². The molecule has 0 spiro atoms. The van der Waals surface area contributed by atoms with Gasteiger partial charge in [0, 0.05) is 20.1 Å². The molecule has 0 aliphatic heterocycles. The minimum atomic E-state index is -0.485. The van der Waals surface area contributed by atoms with E-state index in [-0.39, 0.29) is 12.6 Å². The van der Waals surface area contributed by atoms with E-state index in [2.05, 4.69) is 29.6 Å². The molecule has 0 fully saturated rings. The fourth-order valence-corrected chi connectivity index (χ4v) is 3.23. The number of nitrogens with one attached hydrogen (secondary N) is 1. The molecule has 0 unspecified atom stereocenters. The average Bonchev–Trinajstić information content (AvgIpc) is 2.82. The number of hydrogen-bond donors (Lipinski definition) is 1. The summed E-state index contributed by atoms with van der Waals surface area (Å²) in [5.41, 5.74) is 4.43. The molecule has 3 aromatic rings. The maximum atomic E-state index is 12.5. The van der Waals surface area contributed by atoms with Crippen molar-refractivity contribution in [3.63, 3.8) is 0 Å². The molecule has 160 valence electrons. The van der Waals surface area contributed by atoms with Crippen LogP contribution >= 0.6 is 0 Å². The Kier molecular flexibility index (Phi) is 7.27. The van der Waals surface area contributed by atoms with Crippen LogP contribution in [0.25, 0.3) is 11.1 Å². The van der Waals surface area contributed by atoms with Crippen LogP contribution < -0.4 is 10.1 Å². The number of carbonyl (C=O) groups excluding carboxylic acids is 2. The number of benzene rings is 3. The van der Waals surface area contributed by atoms with E-state index in [1.807, 2.05) is 30.3 Å². The molecule has 0 atom stereocenters. The fourth-order valence-electron chi connectivity index (χ4n) is 3.23. The largest absolute Gasteiger partial charge is 0.496 e. The fraction of sp³-hybridized carbons (Fsp3) is 0.200. The van der Waals surface area contributed by atoms with Crippen molar-refractivity contribution in [3.8, 4) is 16.9 Å². The third kappa shape index (κ3) is 5.63. The summed E-state index contributed by atoms with van der Waals surface area (Å²) < 4.78 is 9.98. The van der Waals surface area contributed by atoms with Crippen LogP contribution in [-0.2, 0) is 17.8 Å². The van der Waals surface area contributed by atoms with Gasteiger partial charge in [-0.25, -0.2) is 9.59 Å². The summed E-state index contributed by atoms with van der Waals surface area (Å²) in [4.78, 5) is 26.0. The van der Waals surface area contributed by atoms with E-state index in [1.165, 1.54) is 14.2 Å². The highest BCUT2D eigenvalue weighted by Crippen LogP contribution is 2.21. The van der Waals surface area contributed by atoms with E-state index in [1.54, 1.807) is 30.1 Å². The number of rotatable bonds is 7. The van der Waals surface area contributed by atoms with Crippen LogP contribution in [0.1, 0.15) is 21.5 Å². The summed E-state index contributed by atoms with van der Waals surface area (Å²) in [5, 5.41) is 2.87. The van der Waals surface area contributed by atoms with Gasteiger partial charge in [-0.3, -0.25) is 0 Å². The average molecular weight is 418 g/mol. The zero-order valence-electron chi connectivity index (χ0n) is 17.9. The molecule has 31 heavy (non-hydrogen) atoms. The zero-order valence-corrected chi connectivity index (χ0v) is 17.9. The van der Waals surface area contributed by atoms with Crippen LogP contribution in [0.4, 0.5) is 4.79 Å². The quantitative estimate of drug-likeness (QED) is 0.574. The number of hydrogen-bond acceptors (Lipinski definition) is 4. The Morgan fingerprint density at radius 1 is 0.871 bits per heavy atom. The second kappa shape index (κ2) is 10.3. The monoisotopic (exact) mass is 418 g/mol. The van der Waals surface area contributed by atoms with Gasteiger partial charge in [-0.2, -0.15) is 0 Å². The van der Waals surface area contributed by atoms with Gasteiger partial charge in [0.25, 0.3) is 0 Å². The van der Waals surface area contributed by atoms with E-state index < -0.39 is 5.97 Å². The van der Waals surface area contributed by atoms with E-state index in [0.29, 0.717) is 17.9 Å². The molecule has 0 heterocycles. The highest BCUT2D eigenvalue weighted by Gasteiger charge is 2.14. The van der Waals surface area contributed by atoms with Crippen LogP contribution in [0.2, 0.25) is 0 Å². The Hall–Kier alpha value is -3.80. The van der Waals surface area contributed by atoms with Crippen molar-refractivity contribution in [1.82, 2.24) is 10.2 Å². The molecular weight excluding hydrogens is 392 g/mol. The molecule has 0 aliphatic rings. The molecule has 0 saturated carbocycles. The van der Waals surface area contributed by atoms with Crippen molar-refractivity contribution in [2.24, 2.45) is 0 Å². The zero-order chi connectivity index (χ0) is 22.2. The van der Waals surface area contributed by atoms with Crippen LogP contribution in [0.3, 0.4) is 0 Å². The lowest BCUT2D eigenvalue weighted by Gasteiger charge is -2.18. The predicted molar refractivity (Wildman–Crippen MR) is 120 cm³/mol. The first-order valence-electron chi connectivity index (χ1n) is 9.90. The van der Waals surface area contributed by atoms with Crippen molar-refractivity contribution in [3.05, 3.63) is 89.5 Å². The molecule has 0 aromatic heterocycles. The lowest BCUT2D eigenvalue weighted by atomic mass is 10.0. The first-order valence-corrected chi connectivity index (χ1v) is 9.90. The highest BCUT2D eigenvalue weighted by molar-refractivity contribution is 5.92. The normalized spacial score (nSPS) is 10.3. The Morgan fingerprint density at radius 2 is 1.52 bits per heavy atom. The first-order chi connectivity index (χ1) is 15.0. The third-order valence-corrected chi connectivity index (χ3v) is 4.94. The molecule has 0 radical (unpaired) electrons. The van der Waals surface area contributed by atoms with Crippen LogP contribution in [0.5, 0.6) is 5.75 Å². The van der Waals surface area contributed by atoms with Crippen LogP contribution in [0.15, 0.2) is 72.8 Å². The molecule has 3 aromatic carbocycles. The standard InChI is InChI=1S/C25H26N2O4/c1-27(17-18-9-12-21(13-10-18)20-7-5-4-6-8-20)25(29)26-16-19-11-14-23(30-2)22(15-19)24(28)31-3/h4-15H,16-17H2,1-3H3,(H,26,29). The molecule has 6 heteroatoms. The van der Waals surface area contributed by atoms with Gasteiger partial charge >= 0.3 is 12.0 Å². The molecule has 3 rings (SSSR count). The molecule has 6 nitrogen and oxygen atoms in total. The topological polar surface area (TPSA) is 67.9 Å². The lowest BCUT2D eigenvalue weighted by molar-refractivity contribution is 0.0597. The number of esters is 1. The van der Waals surface area contributed by atoms with Crippen molar-refractivity contribution in [2.75, 3.05) is 21.3 Å². The van der Waals surface area contributed by atoms with E-state index in [4.69, 9.17) is 9.47 Å². The summed E-state index contributed by atoms with van der Waals surface area (Å²) in [6, 6.07) is 23.3. The third-order valence-electron chi connectivity index (χ3n) is 4.94. The van der Waals surface area contributed by atoms with E-state index in [0.717, 1.165) is 22.3 Å². The number of nitrogens with zero attached hydrogens (tertiary/aromatic N) is 1. The maximum absolute atomic E-state index is 12.5. The second-order valence-corrected chi connectivity index (χ2v) is 7.10. The summed E-state index contributed by atoms with van der Waals surface area (Å²) in [7, 11) is 4.55. The molecule has 1 N–H and O–H groups in total. The SMILES string of the molecule is COC(=O)c1cc(CNC(=O)N(C)Cc2ccc(-c3ccccc3)cc2)ccc1OC. The maximum Gasteiger partial charge on any atom is 0.341 e. The van der Waals surface area contributed by atoms with Crippen LogP contribution in [0, 0.1) is 0 Å². The number of carbonyl (C=O) groups is 2. The summed E-state index contributed by atoms with van der Waals surface area (Å²) >= 11 is 0. The van der Waals surface area contributed by atoms with E-state index >= 15 is 0 Å². The number of urea groups is 1. The van der Waals surface area contributed by atoms with Gasteiger partial charge in [-0.1, -0.05) is 60.7 Å².